The molecule has 2 rings (SSSR count). The molecule has 1 aromatic carbocycles. The molecule has 0 aliphatic carbocycles. The predicted molar refractivity (Wildman–Crippen MR) is 72.0 cm³/mol. The van der Waals surface area contributed by atoms with Gasteiger partial charge in [0.25, 0.3) is 0 Å². The highest BCUT2D eigenvalue weighted by atomic mass is 35.5. The van der Waals surface area contributed by atoms with Crippen molar-refractivity contribution in [3.8, 4) is 5.75 Å². The SMILES string of the molecule is COc1ccc(CCC(N)c2ccc(Cl)o2)cc1. The molecule has 1 unspecified atom stereocenters. The van der Waals surface area contributed by atoms with Crippen molar-refractivity contribution in [3.63, 3.8) is 0 Å². The van der Waals surface area contributed by atoms with E-state index in [-0.39, 0.29) is 6.04 Å². The zero-order valence-corrected chi connectivity index (χ0v) is 11.0. The van der Waals surface area contributed by atoms with E-state index in [1.807, 2.05) is 30.3 Å². The van der Waals surface area contributed by atoms with Crippen LogP contribution in [0.2, 0.25) is 5.22 Å². The minimum Gasteiger partial charge on any atom is -0.497 e. The van der Waals surface area contributed by atoms with Gasteiger partial charge in [0.1, 0.15) is 11.5 Å². The number of nitrogens with two attached hydrogens (primary N) is 1. The van der Waals surface area contributed by atoms with Crippen LogP contribution in [0.1, 0.15) is 23.8 Å². The van der Waals surface area contributed by atoms with Crippen LogP contribution in [0.25, 0.3) is 0 Å². The molecule has 96 valence electrons. The molecule has 18 heavy (non-hydrogen) atoms. The summed E-state index contributed by atoms with van der Waals surface area (Å²) in [6, 6.07) is 11.4. The molecule has 0 saturated carbocycles. The molecular formula is C14H16ClNO2. The van der Waals surface area contributed by atoms with E-state index < -0.39 is 0 Å². The molecule has 1 heterocycles. The molecule has 0 spiro atoms. The molecule has 0 fully saturated rings. The lowest BCUT2D eigenvalue weighted by Crippen LogP contribution is -2.10. The van der Waals surface area contributed by atoms with Gasteiger partial charge in [0, 0.05) is 0 Å². The second-order valence-corrected chi connectivity index (χ2v) is 4.51. The van der Waals surface area contributed by atoms with Gasteiger partial charge in [-0.3, -0.25) is 0 Å². The van der Waals surface area contributed by atoms with Gasteiger partial charge < -0.3 is 14.9 Å². The van der Waals surface area contributed by atoms with Crippen LogP contribution >= 0.6 is 11.6 Å². The quantitative estimate of drug-likeness (QED) is 0.899. The molecule has 2 N–H and O–H groups in total. The van der Waals surface area contributed by atoms with Crippen LogP contribution in [0.4, 0.5) is 0 Å². The van der Waals surface area contributed by atoms with E-state index in [0.717, 1.165) is 24.4 Å². The highest BCUT2D eigenvalue weighted by molar-refractivity contribution is 6.28. The Morgan fingerprint density at radius 3 is 2.50 bits per heavy atom. The van der Waals surface area contributed by atoms with Gasteiger partial charge in [0.05, 0.1) is 13.2 Å². The maximum absolute atomic E-state index is 6.04. The van der Waals surface area contributed by atoms with Gasteiger partial charge in [-0.05, 0) is 54.3 Å². The summed E-state index contributed by atoms with van der Waals surface area (Å²) in [5.41, 5.74) is 7.26. The fourth-order valence-electron chi connectivity index (χ4n) is 1.78. The molecule has 0 bridgehead atoms. The fourth-order valence-corrected chi connectivity index (χ4v) is 1.94. The van der Waals surface area contributed by atoms with Crippen LogP contribution < -0.4 is 10.5 Å². The monoisotopic (exact) mass is 265 g/mol. The van der Waals surface area contributed by atoms with Crippen LogP contribution in [-0.4, -0.2) is 7.11 Å². The number of benzene rings is 1. The lowest BCUT2D eigenvalue weighted by molar-refractivity contribution is 0.414. The Balaban J connectivity index is 1.90. The van der Waals surface area contributed by atoms with Gasteiger partial charge >= 0.3 is 0 Å². The number of aryl methyl sites for hydroxylation is 1. The summed E-state index contributed by atoms with van der Waals surface area (Å²) >= 11 is 5.72. The van der Waals surface area contributed by atoms with Gasteiger partial charge in [0.2, 0.25) is 0 Å². The van der Waals surface area contributed by atoms with Crippen LogP contribution in [-0.2, 0) is 6.42 Å². The van der Waals surface area contributed by atoms with Crippen LogP contribution in [0.3, 0.4) is 0 Å². The summed E-state index contributed by atoms with van der Waals surface area (Å²) in [5.74, 6) is 1.59. The molecule has 1 aromatic heterocycles. The van der Waals surface area contributed by atoms with Gasteiger partial charge in [-0.1, -0.05) is 12.1 Å². The zero-order valence-electron chi connectivity index (χ0n) is 10.2. The average Bonchev–Trinajstić information content (AvgIpc) is 2.83. The van der Waals surface area contributed by atoms with E-state index in [1.165, 1.54) is 5.56 Å². The molecular weight excluding hydrogens is 250 g/mol. The van der Waals surface area contributed by atoms with Crippen molar-refractivity contribution in [2.45, 2.75) is 18.9 Å². The Bertz CT molecular complexity index is 493. The van der Waals surface area contributed by atoms with E-state index in [0.29, 0.717) is 5.22 Å². The third-order valence-corrected chi connectivity index (χ3v) is 3.07. The molecule has 0 radical (unpaired) electrons. The first-order valence-electron chi connectivity index (χ1n) is 5.83. The highest BCUT2D eigenvalue weighted by Crippen LogP contribution is 2.22. The number of furan rings is 1. The fraction of sp³-hybridized carbons (Fsp3) is 0.286. The topological polar surface area (TPSA) is 48.4 Å². The minimum atomic E-state index is -0.125. The second-order valence-electron chi connectivity index (χ2n) is 4.14. The molecule has 0 amide bonds. The summed E-state index contributed by atoms with van der Waals surface area (Å²) in [5, 5.41) is 0.380. The molecule has 3 nitrogen and oxygen atoms in total. The van der Waals surface area contributed by atoms with Gasteiger partial charge in [-0.15, -0.1) is 0 Å². The minimum absolute atomic E-state index is 0.125. The average molecular weight is 266 g/mol. The lowest BCUT2D eigenvalue weighted by atomic mass is 10.0. The van der Waals surface area contributed by atoms with E-state index in [2.05, 4.69) is 0 Å². The summed E-state index contributed by atoms with van der Waals surface area (Å²) in [7, 11) is 1.66. The maximum atomic E-state index is 6.04. The van der Waals surface area contributed by atoms with Gasteiger partial charge in [-0.2, -0.15) is 0 Å². The van der Waals surface area contributed by atoms with Crippen molar-refractivity contribution < 1.29 is 9.15 Å². The van der Waals surface area contributed by atoms with Crippen molar-refractivity contribution in [1.82, 2.24) is 0 Å². The number of ether oxygens (including phenoxy) is 1. The number of methoxy groups -OCH3 is 1. The Morgan fingerprint density at radius 2 is 1.94 bits per heavy atom. The van der Waals surface area contributed by atoms with Gasteiger partial charge in [0.15, 0.2) is 5.22 Å². The number of halogens is 1. The zero-order chi connectivity index (χ0) is 13.0. The molecule has 4 heteroatoms. The molecule has 0 aliphatic heterocycles. The first-order valence-corrected chi connectivity index (χ1v) is 6.20. The summed E-state index contributed by atoms with van der Waals surface area (Å²) < 4.78 is 10.4. The Morgan fingerprint density at radius 1 is 1.22 bits per heavy atom. The standard InChI is InChI=1S/C14H16ClNO2/c1-17-11-5-2-10(3-6-11)4-7-12(16)13-8-9-14(15)18-13/h2-3,5-6,8-9,12H,4,7,16H2,1H3. The number of rotatable bonds is 5. The Kier molecular flexibility index (Phi) is 4.28. The molecule has 2 aromatic rings. The van der Waals surface area contributed by atoms with Crippen LogP contribution in [0.5, 0.6) is 5.75 Å². The van der Waals surface area contributed by atoms with E-state index in [1.54, 1.807) is 13.2 Å². The largest absolute Gasteiger partial charge is 0.497 e. The predicted octanol–water partition coefficient (Wildman–Crippen LogP) is 3.57. The summed E-state index contributed by atoms with van der Waals surface area (Å²) in [6.45, 7) is 0. The van der Waals surface area contributed by atoms with Crippen molar-refractivity contribution in [2.75, 3.05) is 7.11 Å². The third-order valence-electron chi connectivity index (χ3n) is 2.86. The van der Waals surface area contributed by atoms with Crippen LogP contribution in [0.15, 0.2) is 40.8 Å². The second kappa shape index (κ2) is 5.94. The van der Waals surface area contributed by atoms with E-state index in [9.17, 15) is 0 Å². The first kappa shape index (κ1) is 13.0. The molecule has 1 atom stereocenters. The van der Waals surface area contributed by atoms with Crippen LogP contribution in [0, 0.1) is 0 Å². The van der Waals surface area contributed by atoms with Crippen molar-refractivity contribution in [1.29, 1.82) is 0 Å². The maximum Gasteiger partial charge on any atom is 0.193 e. The first-order chi connectivity index (χ1) is 8.69. The van der Waals surface area contributed by atoms with Gasteiger partial charge in [-0.25, -0.2) is 0 Å². The number of hydrogen-bond donors (Lipinski definition) is 1. The van der Waals surface area contributed by atoms with Crippen molar-refractivity contribution in [2.24, 2.45) is 5.73 Å². The molecule has 0 saturated heterocycles. The molecule has 0 aliphatic rings. The smallest absolute Gasteiger partial charge is 0.193 e. The third kappa shape index (κ3) is 3.28. The summed E-state index contributed by atoms with van der Waals surface area (Å²) in [4.78, 5) is 0. The van der Waals surface area contributed by atoms with E-state index >= 15 is 0 Å². The normalized spacial score (nSPS) is 12.4. The summed E-state index contributed by atoms with van der Waals surface area (Å²) in [6.07, 6.45) is 1.71. The van der Waals surface area contributed by atoms with Crippen molar-refractivity contribution in [3.05, 3.63) is 52.9 Å². The Labute approximate surface area is 111 Å². The lowest BCUT2D eigenvalue weighted by Gasteiger charge is -2.09. The van der Waals surface area contributed by atoms with E-state index in [4.69, 9.17) is 26.5 Å². The van der Waals surface area contributed by atoms with Crippen molar-refractivity contribution >= 4 is 11.6 Å². The Hall–Kier alpha value is -1.45. The highest BCUT2D eigenvalue weighted by Gasteiger charge is 2.10. The number of hydrogen-bond acceptors (Lipinski definition) is 3.